The van der Waals surface area contributed by atoms with E-state index in [0.717, 1.165) is 53.7 Å². The number of nitrogens with zero attached hydrogens (tertiary/aromatic N) is 4. The predicted molar refractivity (Wildman–Crippen MR) is 222 cm³/mol. The number of rotatable bonds is 13. The third-order valence-corrected chi connectivity index (χ3v) is 10.9. The predicted octanol–water partition coefficient (Wildman–Crippen LogP) is 8.98. The standard InChI is InChI=1S/C47H63N4O3/c1-35-22-24-36(25-23-35)54-45-41(26-28-43-46(2,3)37-18-12-14-20-39(37)48(43)30-16-32-50(6,7)8)52-34-53-42(45)27-29-44-47(4,5)38-19-13-15-21-40(38)49(44)31-17-33-51(9,10)11/h12-15,18-29H,16-17,30-34H2,1-11H3/q+3. The lowest BCUT2D eigenvalue weighted by molar-refractivity contribution is -0.871. The highest BCUT2D eigenvalue weighted by atomic mass is 16.7. The highest BCUT2D eigenvalue weighted by molar-refractivity contribution is 6.03. The molecule has 3 aliphatic rings. The van der Waals surface area contributed by atoms with Crippen molar-refractivity contribution in [2.45, 2.75) is 58.3 Å². The molecule has 3 aliphatic heterocycles. The van der Waals surface area contributed by atoms with E-state index in [1.54, 1.807) is 0 Å². The van der Waals surface area contributed by atoms with Crippen molar-refractivity contribution >= 4 is 17.1 Å². The van der Waals surface area contributed by atoms with Crippen molar-refractivity contribution in [3.8, 4) is 5.75 Å². The molecular weight excluding hydrogens is 669 g/mol. The molecule has 6 rings (SSSR count). The van der Waals surface area contributed by atoms with Gasteiger partial charge in [-0.3, -0.25) is 0 Å². The molecule has 3 aromatic rings. The second-order valence-corrected chi connectivity index (χ2v) is 18.1. The highest BCUT2D eigenvalue weighted by Crippen LogP contribution is 2.48. The summed E-state index contributed by atoms with van der Waals surface area (Å²) in [4.78, 5) is 2.50. The molecule has 3 aromatic carbocycles. The monoisotopic (exact) mass is 731 g/mol. The number of ether oxygens (including phenoxy) is 3. The van der Waals surface area contributed by atoms with Crippen LogP contribution in [0.5, 0.6) is 5.75 Å². The third-order valence-electron chi connectivity index (χ3n) is 10.9. The molecule has 0 aromatic heterocycles. The van der Waals surface area contributed by atoms with E-state index in [4.69, 9.17) is 14.2 Å². The second kappa shape index (κ2) is 15.3. The molecule has 0 spiro atoms. The lowest BCUT2D eigenvalue weighted by atomic mass is 9.81. The van der Waals surface area contributed by atoms with Gasteiger partial charge in [0.05, 0.1) is 67.2 Å². The largest absolute Gasteiger partial charge is 0.453 e. The molecule has 0 saturated carbocycles. The number of hydrogen-bond donors (Lipinski definition) is 0. The topological polar surface area (TPSA) is 33.9 Å². The molecule has 0 radical (unpaired) electrons. The first-order chi connectivity index (χ1) is 25.5. The van der Waals surface area contributed by atoms with E-state index in [9.17, 15) is 0 Å². The number of fused-ring (bicyclic) bond motifs is 2. The first kappa shape index (κ1) is 39.1. The third kappa shape index (κ3) is 8.53. The average Bonchev–Trinajstić information content (AvgIpc) is 3.45. The van der Waals surface area contributed by atoms with Gasteiger partial charge in [-0.1, -0.05) is 67.9 Å². The second-order valence-electron chi connectivity index (χ2n) is 18.1. The van der Waals surface area contributed by atoms with Crippen molar-refractivity contribution in [2.75, 3.05) is 80.2 Å². The first-order valence-electron chi connectivity index (χ1n) is 19.5. The molecule has 7 heteroatoms. The summed E-state index contributed by atoms with van der Waals surface area (Å²) in [5, 5.41) is 0. The zero-order valence-electron chi connectivity index (χ0n) is 34.7. The van der Waals surface area contributed by atoms with Crippen LogP contribution in [0.15, 0.2) is 120 Å². The molecule has 0 aliphatic carbocycles. The van der Waals surface area contributed by atoms with Gasteiger partial charge >= 0.3 is 0 Å². The quantitative estimate of drug-likeness (QED) is 0.130. The molecule has 3 heterocycles. The van der Waals surface area contributed by atoms with Gasteiger partial charge in [-0.05, 0) is 62.8 Å². The SMILES string of the molecule is Cc1ccc(OC2=C(/C=C/C3=[N+](CCC[N+](C)(C)C)c4ccccc4C3(C)C)OCO/C2=C\C=C2\N(CCC[N+](C)(C)C)c3ccccc3C2(C)C)cc1. The summed E-state index contributed by atoms with van der Waals surface area (Å²) in [7, 11) is 13.6. The molecule has 0 bridgehead atoms. The fraction of sp³-hybridized carbons (Fsp3) is 0.426. The van der Waals surface area contributed by atoms with Gasteiger partial charge in [-0.25, -0.2) is 0 Å². The van der Waals surface area contributed by atoms with Gasteiger partial charge in [-0.2, -0.15) is 4.58 Å². The average molecular weight is 732 g/mol. The summed E-state index contributed by atoms with van der Waals surface area (Å²) in [5.41, 5.74) is 8.52. The molecular formula is C47H63N4O3+3. The summed E-state index contributed by atoms with van der Waals surface area (Å²) in [6.45, 7) is 15.5. The van der Waals surface area contributed by atoms with Gasteiger partial charge < -0.3 is 28.1 Å². The molecule has 0 saturated heterocycles. The van der Waals surface area contributed by atoms with Crippen LogP contribution in [-0.2, 0) is 20.3 Å². The van der Waals surface area contributed by atoms with Crippen LogP contribution in [-0.4, -0.2) is 94.5 Å². The smallest absolute Gasteiger partial charge is 0.231 e. The minimum Gasteiger partial charge on any atom is -0.453 e. The normalized spacial score (nSPS) is 19.4. The van der Waals surface area contributed by atoms with Gasteiger partial charge in [-0.15, -0.1) is 0 Å². The molecule has 0 unspecified atom stereocenters. The van der Waals surface area contributed by atoms with Crippen LogP contribution in [0, 0.1) is 6.92 Å². The fourth-order valence-corrected chi connectivity index (χ4v) is 7.96. The number of para-hydroxylation sites is 2. The zero-order valence-corrected chi connectivity index (χ0v) is 34.7. The van der Waals surface area contributed by atoms with Gasteiger partial charge in [0.1, 0.15) is 5.75 Å². The van der Waals surface area contributed by atoms with Gasteiger partial charge in [0.25, 0.3) is 0 Å². The van der Waals surface area contributed by atoms with Crippen molar-refractivity contribution in [3.63, 3.8) is 0 Å². The Morgan fingerprint density at radius 3 is 2.09 bits per heavy atom. The Kier molecular flexibility index (Phi) is 11.1. The van der Waals surface area contributed by atoms with Crippen molar-refractivity contribution in [1.29, 1.82) is 0 Å². The summed E-state index contributed by atoms with van der Waals surface area (Å²) >= 11 is 0. The minimum absolute atomic E-state index is 0.0957. The maximum Gasteiger partial charge on any atom is 0.231 e. The Morgan fingerprint density at radius 2 is 1.39 bits per heavy atom. The Balaban J connectivity index is 1.42. The number of allylic oxidation sites excluding steroid dienone is 5. The van der Waals surface area contributed by atoms with Crippen LogP contribution in [0.1, 0.15) is 57.2 Å². The molecule has 0 amide bonds. The first-order valence-corrected chi connectivity index (χ1v) is 19.5. The lowest BCUT2D eigenvalue weighted by Gasteiger charge is -2.29. The van der Waals surface area contributed by atoms with Crippen molar-refractivity contribution < 1.29 is 27.8 Å². The highest BCUT2D eigenvalue weighted by Gasteiger charge is 2.44. The Bertz CT molecular complexity index is 2000. The number of benzene rings is 3. The van der Waals surface area contributed by atoms with E-state index >= 15 is 0 Å². The summed E-state index contributed by atoms with van der Waals surface area (Å²) in [6.07, 6.45) is 10.8. The van der Waals surface area contributed by atoms with Crippen molar-refractivity contribution in [2.24, 2.45) is 0 Å². The molecule has 0 N–H and O–H groups in total. The summed E-state index contributed by atoms with van der Waals surface area (Å²) in [5.74, 6) is 2.58. The molecule has 7 nitrogen and oxygen atoms in total. The van der Waals surface area contributed by atoms with Crippen LogP contribution in [0.4, 0.5) is 11.4 Å². The Hall–Kier alpha value is -4.59. The maximum atomic E-state index is 6.69. The number of anilines is 1. The van der Waals surface area contributed by atoms with Gasteiger partial charge in [0.2, 0.25) is 18.2 Å². The summed E-state index contributed by atoms with van der Waals surface area (Å²) in [6, 6.07) is 25.8. The number of aryl methyl sites for hydroxylation is 1. The minimum atomic E-state index is -0.186. The number of quaternary nitrogens is 2. The van der Waals surface area contributed by atoms with Crippen LogP contribution in [0.3, 0.4) is 0 Å². The van der Waals surface area contributed by atoms with Crippen molar-refractivity contribution in [3.05, 3.63) is 137 Å². The Labute approximate surface area is 324 Å². The lowest BCUT2D eigenvalue weighted by Crippen LogP contribution is -2.37. The molecule has 54 heavy (non-hydrogen) atoms. The number of hydrogen-bond acceptors (Lipinski definition) is 4. The van der Waals surface area contributed by atoms with E-state index in [1.165, 1.54) is 39.5 Å². The maximum absolute atomic E-state index is 6.69. The van der Waals surface area contributed by atoms with E-state index in [1.807, 2.05) is 12.1 Å². The van der Waals surface area contributed by atoms with E-state index in [-0.39, 0.29) is 17.6 Å². The van der Waals surface area contributed by atoms with Crippen molar-refractivity contribution in [1.82, 2.24) is 0 Å². The van der Waals surface area contributed by atoms with Crippen LogP contribution >= 0.6 is 0 Å². The summed E-state index contributed by atoms with van der Waals surface area (Å²) < 4.78 is 23.6. The van der Waals surface area contributed by atoms with Gasteiger partial charge in [0, 0.05) is 47.5 Å². The van der Waals surface area contributed by atoms with E-state index < -0.39 is 0 Å². The molecule has 286 valence electrons. The van der Waals surface area contributed by atoms with Crippen LogP contribution < -0.4 is 9.64 Å². The molecule has 0 fully saturated rings. The molecule has 0 atom stereocenters. The van der Waals surface area contributed by atoms with Crippen LogP contribution in [0.25, 0.3) is 0 Å². The van der Waals surface area contributed by atoms with E-state index in [0.29, 0.717) is 17.3 Å². The van der Waals surface area contributed by atoms with E-state index in [2.05, 4.69) is 171 Å². The fourth-order valence-electron chi connectivity index (χ4n) is 7.96. The zero-order chi connectivity index (χ0) is 38.9. The van der Waals surface area contributed by atoms with Crippen LogP contribution in [0.2, 0.25) is 0 Å². The Morgan fingerprint density at radius 1 is 0.741 bits per heavy atom. The van der Waals surface area contributed by atoms with Gasteiger partial charge in [0.15, 0.2) is 23.8 Å².